The van der Waals surface area contributed by atoms with Gasteiger partial charge in [0.2, 0.25) is 0 Å². The zero-order valence-corrected chi connectivity index (χ0v) is 18.2. The third kappa shape index (κ3) is 3.44. The number of fused-ring (bicyclic) bond motifs is 3. The molecule has 31 heavy (non-hydrogen) atoms. The minimum atomic E-state index is 0.220. The van der Waals surface area contributed by atoms with Gasteiger partial charge in [0.25, 0.3) is 0 Å². The molecule has 2 heteroatoms. The van der Waals surface area contributed by atoms with Crippen LogP contribution in [0.1, 0.15) is 44.9 Å². The van der Waals surface area contributed by atoms with Crippen molar-refractivity contribution in [3.8, 4) is 11.1 Å². The Morgan fingerprint density at radius 2 is 1.19 bits per heavy atom. The van der Waals surface area contributed by atoms with Crippen LogP contribution in [-0.4, -0.2) is 6.21 Å². The molecule has 4 aromatic carbocycles. The summed E-state index contributed by atoms with van der Waals surface area (Å²) in [5.41, 5.74) is 15.9. The van der Waals surface area contributed by atoms with Gasteiger partial charge < -0.3 is 0 Å². The number of hydrogen-bond acceptors (Lipinski definition) is 2. The summed E-state index contributed by atoms with van der Waals surface area (Å²) in [5, 5.41) is 4.63. The number of rotatable bonds is 4. The molecule has 0 saturated heterocycles. The van der Waals surface area contributed by atoms with E-state index >= 15 is 0 Å². The summed E-state index contributed by atoms with van der Waals surface area (Å²) in [5.74, 6) is 0.220. The van der Waals surface area contributed by atoms with Crippen molar-refractivity contribution in [2.24, 2.45) is 5.10 Å². The molecule has 0 amide bonds. The molecule has 1 N–H and O–H groups in total. The average Bonchev–Trinajstić information content (AvgIpc) is 3.10. The van der Waals surface area contributed by atoms with Crippen LogP contribution in [0.3, 0.4) is 0 Å². The summed E-state index contributed by atoms with van der Waals surface area (Å²) < 4.78 is 0. The maximum absolute atomic E-state index is 4.63. The van der Waals surface area contributed by atoms with Crippen LogP contribution in [-0.2, 0) is 0 Å². The van der Waals surface area contributed by atoms with Crippen molar-refractivity contribution < 1.29 is 0 Å². The minimum absolute atomic E-state index is 0.220. The van der Waals surface area contributed by atoms with Gasteiger partial charge in [-0.15, -0.1) is 0 Å². The van der Waals surface area contributed by atoms with E-state index in [1.165, 1.54) is 44.5 Å². The van der Waals surface area contributed by atoms with Crippen LogP contribution >= 0.6 is 0 Å². The van der Waals surface area contributed by atoms with Crippen LogP contribution in [0.4, 0.5) is 5.69 Å². The molecule has 0 saturated carbocycles. The Bertz CT molecular complexity index is 1230. The third-order valence-electron chi connectivity index (χ3n) is 6.20. The van der Waals surface area contributed by atoms with Crippen molar-refractivity contribution >= 4 is 11.9 Å². The second-order valence-electron chi connectivity index (χ2n) is 8.38. The van der Waals surface area contributed by atoms with Gasteiger partial charge in [-0.1, -0.05) is 90.5 Å². The summed E-state index contributed by atoms with van der Waals surface area (Å²) in [6, 6.07) is 30.5. The van der Waals surface area contributed by atoms with E-state index in [4.69, 9.17) is 0 Å². The normalized spacial score (nSPS) is 12.7. The van der Waals surface area contributed by atoms with Gasteiger partial charge in [-0.3, -0.25) is 5.43 Å². The lowest BCUT2D eigenvalue weighted by molar-refractivity contribution is 1.01. The zero-order chi connectivity index (χ0) is 21.4. The van der Waals surface area contributed by atoms with Crippen LogP contribution in [0.2, 0.25) is 0 Å². The first-order chi connectivity index (χ1) is 15.1. The predicted octanol–water partition coefficient (Wildman–Crippen LogP) is 7.22. The lowest BCUT2D eigenvalue weighted by Gasteiger charge is -2.17. The highest BCUT2D eigenvalue weighted by Gasteiger charge is 2.30. The van der Waals surface area contributed by atoms with E-state index in [1.807, 2.05) is 6.21 Å². The number of nitrogens with zero attached hydrogens (tertiary/aromatic N) is 1. The van der Waals surface area contributed by atoms with Crippen LogP contribution in [0.5, 0.6) is 0 Å². The van der Waals surface area contributed by atoms with E-state index in [1.54, 1.807) is 0 Å². The summed E-state index contributed by atoms with van der Waals surface area (Å²) in [7, 11) is 0. The number of hydrazone groups is 1. The highest BCUT2D eigenvalue weighted by Crippen LogP contribution is 2.48. The van der Waals surface area contributed by atoms with Crippen LogP contribution in [0.15, 0.2) is 90.0 Å². The molecule has 1 aliphatic carbocycles. The first kappa shape index (κ1) is 19.3. The molecule has 0 spiro atoms. The molecule has 0 heterocycles. The van der Waals surface area contributed by atoms with Gasteiger partial charge in [0.1, 0.15) is 0 Å². The fraction of sp³-hybridized carbons (Fsp3) is 0.138. The maximum Gasteiger partial charge on any atom is 0.0620 e. The molecular formula is C29H26N2. The Labute approximate surface area is 184 Å². The predicted molar refractivity (Wildman–Crippen MR) is 131 cm³/mol. The van der Waals surface area contributed by atoms with Crippen molar-refractivity contribution in [2.75, 3.05) is 5.43 Å². The smallest absolute Gasteiger partial charge is 0.0620 e. The largest absolute Gasteiger partial charge is 0.278 e. The van der Waals surface area contributed by atoms with Gasteiger partial charge in [-0.2, -0.15) is 5.10 Å². The van der Waals surface area contributed by atoms with Crippen molar-refractivity contribution in [1.82, 2.24) is 0 Å². The summed E-state index contributed by atoms with van der Waals surface area (Å²) in [6.45, 7) is 6.37. The van der Waals surface area contributed by atoms with Crippen molar-refractivity contribution in [1.29, 1.82) is 0 Å². The second-order valence-corrected chi connectivity index (χ2v) is 8.38. The number of anilines is 1. The lowest BCUT2D eigenvalue weighted by atomic mass is 9.87. The molecule has 0 aromatic heterocycles. The summed E-state index contributed by atoms with van der Waals surface area (Å²) in [4.78, 5) is 0. The van der Waals surface area contributed by atoms with Gasteiger partial charge >= 0.3 is 0 Å². The molecule has 152 valence electrons. The Kier molecular flexibility index (Phi) is 4.91. The Morgan fingerprint density at radius 1 is 0.677 bits per heavy atom. The van der Waals surface area contributed by atoms with E-state index in [2.05, 4.69) is 116 Å². The number of benzene rings is 4. The summed E-state index contributed by atoms with van der Waals surface area (Å²) >= 11 is 0. The third-order valence-corrected chi connectivity index (χ3v) is 6.20. The van der Waals surface area contributed by atoms with Crippen molar-refractivity contribution in [3.63, 3.8) is 0 Å². The van der Waals surface area contributed by atoms with E-state index in [-0.39, 0.29) is 5.92 Å². The van der Waals surface area contributed by atoms with E-state index < -0.39 is 0 Å². The zero-order valence-electron chi connectivity index (χ0n) is 18.2. The molecule has 0 radical (unpaired) electrons. The van der Waals surface area contributed by atoms with Gasteiger partial charge in [-0.25, -0.2) is 0 Å². The second kappa shape index (κ2) is 7.88. The Balaban J connectivity index is 1.53. The van der Waals surface area contributed by atoms with Crippen molar-refractivity contribution in [3.05, 3.63) is 124 Å². The fourth-order valence-electron chi connectivity index (χ4n) is 4.90. The van der Waals surface area contributed by atoms with Gasteiger partial charge in [0.05, 0.1) is 11.9 Å². The number of hydrogen-bond donors (Lipinski definition) is 1. The van der Waals surface area contributed by atoms with Gasteiger partial charge in [0, 0.05) is 5.92 Å². The van der Waals surface area contributed by atoms with Crippen LogP contribution in [0, 0.1) is 20.8 Å². The van der Waals surface area contributed by atoms with Crippen LogP contribution < -0.4 is 5.43 Å². The Hall–Kier alpha value is -3.65. The topological polar surface area (TPSA) is 24.4 Å². The average molecular weight is 403 g/mol. The van der Waals surface area contributed by atoms with E-state index in [0.29, 0.717) is 0 Å². The molecule has 0 aliphatic heterocycles. The summed E-state index contributed by atoms with van der Waals surface area (Å²) in [6.07, 6.45) is 1.96. The quantitative estimate of drug-likeness (QED) is 0.249. The number of nitrogens with one attached hydrogen (secondary N) is 1. The standard InChI is InChI=1S/C29H26N2/c1-19-16-20(2)29(21(3)17-19)31-30-18-22-10-4-5-11-23(22)28-26-14-8-6-12-24(26)25-13-7-9-15-27(25)28/h4-18,28,31H,1-3H3. The molecule has 4 aromatic rings. The maximum atomic E-state index is 4.63. The Morgan fingerprint density at radius 3 is 1.81 bits per heavy atom. The van der Waals surface area contributed by atoms with Crippen LogP contribution in [0.25, 0.3) is 11.1 Å². The van der Waals surface area contributed by atoms with Gasteiger partial charge in [0.15, 0.2) is 0 Å². The fourth-order valence-corrected chi connectivity index (χ4v) is 4.90. The molecule has 0 atom stereocenters. The lowest BCUT2D eigenvalue weighted by Crippen LogP contribution is -2.04. The highest BCUT2D eigenvalue weighted by atomic mass is 15.3. The molecule has 2 nitrogen and oxygen atoms in total. The SMILES string of the molecule is Cc1cc(C)c(NN=Cc2ccccc2C2c3ccccc3-c3ccccc32)c(C)c1. The molecular weight excluding hydrogens is 376 g/mol. The van der Waals surface area contributed by atoms with E-state index in [9.17, 15) is 0 Å². The first-order valence-corrected chi connectivity index (χ1v) is 10.8. The highest BCUT2D eigenvalue weighted by molar-refractivity contribution is 5.87. The molecule has 5 rings (SSSR count). The molecule has 0 bridgehead atoms. The molecule has 0 fully saturated rings. The minimum Gasteiger partial charge on any atom is -0.278 e. The van der Waals surface area contributed by atoms with Crippen molar-refractivity contribution in [2.45, 2.75) is 26.7 Å². The van der Waals surface area contributed by atoms with E-state index in [0.717, 1.165) is 11.3 Å². The first-order valence-electron chi connectivity index (χ1n) is 10.8. The molecule has 1 aliphatic rings. The monoisotopic (exact) mass is 402 g/mol. The molecule has 0 unspecified atom stereocenters. The van der Waals surface area contributed by atoms with Gasteiger partial charge in [-0.05, 0) is 65.3 Å². The number of aryl methyl sites for hydroxylation is 3.